The molecule has 0 bridgehead atoms. The van der Waals surface area contributed by atoms with E-state index < -0.39 is 23.5 Å². The van der Waals surface area contributed by atoms with Crippen molar-refractivity contribution in [2.24, 2.45) is 0 Å². The molecule has 192 valence electrons. The SMILES string of the molecule is CCCCCOc1ccc(C2C(=C(O)c3ccc(F)cc3)C(=O)C(=O)N2Cc2ccccc2)cc1OC. The Balaban J connectivity index is 1.79. The minimum atomic E-state index is -0.881. The van der Waals surface area contributed by atoms with Crippen LogP contribution in [0.3, 0.4) is 0 Å². The predicted molar refractivity (Wildman–Crippen MR) is 139 cm³/mol. The second-order valence-corrected chi connectivity index (χ2v) is 8.89. The van der Waals surface area contributed by atoms with E-state index in [0.29, 0.717) is 23.7 Å². The average molecular weight is 504 g/mol. The lowest BCUT2D eigenvalue weighted by Crippen LogP contribution is -2.29. The highest BCUT2D eigenvalue weighted by molar-refractivity contribution is 6.46. The van der Waals surface area contributed by atoms with Gasteiger partial charge in [0.25, 0.3) is 11.7 Å². The number of aliphatic hydroxyl groups excluding tert-OH is 1. The molecular formula is C30H30FNO5. The Hall–Kier alpha value is -4.13. The zero-order chi connectivity index (χ0) is 26.4. The van der Waals surface area contributed by atoms with Crippen LogP contribution in [0.15, 0.2) is 78.4 Å². The van der Waals surface area contributed by atoms with Gasteiger partial charge >= 0.3 is 0 Å². The van der Waals surface area contributed by atoms with Gasteiger partial charge in [0.1, 0.15) is 11.6 Å². The third kappa shape index (κ3) is 5.66. The van der Waals surface area contributed by atoms with Crippen molar-refractivity contribution in [2.75, 3.05) is 13.7 Å². The summed E-state index contributed by atoms with van der Waals surface area (Å²) in [6.07, 6.45) is 3.04. The van der Waals surface area contributed by atoms with Gasteiger partial charge in [-0.25, -0.2) is 4.39 Å². The van der Waals surface area contributed by atoms with E-state index in [1.165, 1.54) is 36.3 Å². The molecule has 0 saturated carbocycles. The van der Waals surface area contributed by atoms with Gasteiger partial charge in [0, 0.05) is 12.1 Å². The normalized spacial score (nSPS) is 16.7. The van der Waals surface area contributed by atoms with Crippen molar-refractivity contribution in [1.29, 1.82) is 0 Å². The van der Waals surface area contributed by atoms with Crippen molar-refractivity contribution < 1.29 is 28.6 Å². The first-order chi connectivity index (χ1) is 17.9. The van der Waals surface area contributed by atoms with Gasteiger partial charge in [-0.15, -0.1) is 0 Å². The summed E-state index contributed by atoms with van der Waals surface area (Å²) in [5, 5.41) is 11.2. The largest absolute Gasteiger partial charge is 0.507 e. The summed E-state index contributed by atoms with van der Waals surface area (Å²) < 4.78 is 25.0. The Morgan fingerprint density at radius 3 is 2.38 bits per heavy atom. The first-order valence-corrected chi connectivity index (χ1v) is 12.3. The van der Waals surface area contributed by atoms with E-state index in [0.717, 1.165) is 24.8 Å². The maximum atomic E-state index is 13.5. The van der Waals surface area contributed by atoms with Crippen LogP contribution in [0.4, 0.5) is 4.39 Å². The van der Waals surface area contributed by atoms with Crippen molar-refractivity contribution in [3.63, 3.8) is 0 Å². The fourth-order valence-electron chi connectivity index (χ4n) is 4.44. The molecule has 1 aliphatic rings. The van der Waals surface area contributed by atoms with Crippen molar-refractivity contribution in [3.05, 3.63) is 101 Å². The highest BCUT2D eigenvalue weighted by Crippen LogP contribution is 2.42. The van der Waals surface area contributed by atoms with E-state index in [2.05, 4.69) is 6.92 Å². The van der Waals surface area contributed by atoms with Crippen LogP contribution >= 0.6 is 0 Å². The monoisotopic (exact) mass is 503 g/mol. The number of hydrogen-bond acceptors (Lipinski definition) is 5. The quantitative estimate of drug-likeness (QED) is 0.158. The molecule has 0 radical (unpaired) electrons. The molecule has 1 heterocycles. The minimum absolute atomic E-state index is 0.0637. The molecule has 3 aromatic rings. The Kier molecular flexibility index (Phi) is 8.23. The number of methoxy groups -OCH3 is 1. The number of nitrogens with zero attached hydrogens (tertiary/aromatic N) is 1. The van der Waals surface area contributed by atoms with E-state index in [4.69, 9.17) is 9.47 Å². The smallest absolute Gasteiger partial charge is 0.295 e. The molecule has 1 N–H and O–H groups in total. The summed E-state index contributed by atoms with van der Waals surface area (Å²) in [5.74, 6) is -1.35. The van der Waals surface area contributed by atoms with Crippen LogP contribution in [-0.2, 0) is 16.1 Å². The van der Waals surface area contributed by atoms with Gasteiger partial charge in [0.05, 0.1) is 25.3 Å². The summed E-state index contributed by atoms with van der Waals surface area (Å²) >= 11 is 0. The molecule has 1 atom stereocenters. The second kappa shape index (κ2) is 11.7. The maximum absolute atomic E-state index is 13.5. The summed E-state index contributed by atoms with van der Waals surface area (Å²) in [4.78, 5) is 27.9. The number of carbonyl (C=O) groups excluding carboxylic acids is 2. The van der Waals surface area contributed by atoms with Crippen molar-refractivity contribution in [2.45, 2.75) is 38.8 Å². The van der Waals surface area contributed by atoms with Gasteiger partial charge in [-0.2, -0.15) is 0 Å². The Morgan fingerprint density at radius 2 is 1.70 bits per heavy atom. The van der Waals surface area contributed by atoms with Crippen molar-refractivity contribution in [3.8, 4) is 11.5 Å². The van der Waals surface area contributed by atoms with E-state index in [-0.39, 0.29) is 23.4 Å². The van der Waals surface area contributed by atoms with Crippen LogP contribution in [0.1, 0.15) is 48.9 Å². The Bertz CT molecular complexity index is 1290. The van der Waals surface area contributed by atoms with E-state index in [1.807, 2.05) is 30.3 Å². The minimum Gasteiger partial charge on any atom is -0.507 e. The van der Waals surface area contributed by atoms with Crippen LogP contribution < -0.4 is 9.47 Å². The fourth-order valence-corrected chi connectivity index (χ4v) is 4.44. The van der Waals surface area contributed by atoms with Crippen molar-refractivity contribution in [1.82, 2.24) is 4.90 Å². The molecule has 7 heteroatoms. The molecule has 3 aromatic carbocycles. The molecule has 37 heavy (non-hydrogen) atoms. The van der Waals surface area contributed by atoms with Gasteiger partial charge in [-0.3, -0.25) is 9.59 Å². The number of ketones is 1. The number of carbonyl (C=O) groups is 2. The maximum Gasteiger partial charge on any atom is 0.295 e. The highest BCUT2D eigenvalue weighted by Gasteiger charge is 2.46. The number of benzene rings is 3. The summed E-state index contributed by atoms with van der Waals surface area (Å²) in [6, 6.07) is 18.8. The van der Waals surface area contributed by atoms with Crippen LogP contribution in [0, 0.1) is 5.82 Å². The number of unbranched alkanes of at least 4 members (excludes halogenated alkanes) is 2. The number of halogens is 1. The Labute approximate surface area is 215 Å². The third-order valence-corrected chi connectivity index (χ3v) is 6.36. The van der Waals surface area contributed by atoms with Gasteiger partial charge in [0.15, 0.2) is 11.5 Å². The molecule has 1 amide bonds. The lowest BCUT2D eigenvalue weighted by atomic mass is 9.94. The van der Waals surface area contributed by atoms with Crippen LogP contribution in [-0.4, -0.2) is 35.4 Å². The average Bonchev–Trinajstić information content (AvgIpc) is 3.16. The molecule has 6 nitrogen and oxygen atoms in total. The fraction of sp³-hybridized carbons (Fsp3) is 0.267. The number of aliphatic hydroxyl groups is 1. The zero-order valence-electron chi connectivity index (χ0n) is 20.9. The number of hydrogen-bond donors (Lipinski definition) is 1. The lowest BCUT2D eigenvalue weighted by Gasteiger charge is -2.26. The van der Waals surface area contributed by atoms with Gasteiger partial charge in [-0.1, -0.05) is 56.2 Å². The number of likely N-dealkylation sites (tertiary alicyclic amines) is 1. The lowest BCUT2D eigenvalue weighted by molar-refractivity contribution is -0.140. The molecular weight excluding hydrogens is 473 g/mol. The van der Waals surface area contributed by atoms with Crippen molar-refractivity contribution >= 4 is 17.4 Å². The third-order valence-electron chi connectivity index (χ3n) is 6.36. The standard InChI is InChI=1S/C30H30FNO5/c1-3-4-8-17-37-24-16-13-22(18-25(24)36-2)27-26(28(33)21-11-14-23(31)15-12-21)29(34)30(35)32(27)19-20-9-6-5-7-10-20/h5-7,9-16,18,27,33H,3-4,8,17,19H2,1-2H3. The molecule has 0 aromatic heterocycles. The first-order valence-electron chi connectivity index (χ1n) is 12.3. The van der Waals surface area contributed by atoms with Gasteiger partial charge < -0.3 is 19.5 Å². The molecule has 0 spiro atoms. The second-order valence-electron chi connectivity index (χ2n) is 8.89. The summed E-state index contributed by atoms with van der Waals surface area (Å²) in [6.45, 7) is 2.82. The topological polar surface area (TPSA) is 76.1 Å². The predicted octanol–water partition coefficient (Wildman–Crippen LogP) is 6.03. The molecule has 0 aliphatic carbocycles. The van der Waals surface area contributed by atoms with Crippen LogP contribution in [0.2, 0.25) is 0 Å². The zero-order valence-corrected chi connectivity index (χ0v) is 20.9. The van der Waals surface area contributed by atoms with Crippen LogP contribution in [0.5, 0.6) is 11.5 Å². The first kappa shape index (κ1) is 25.9. The number of rotatable bonds is 10. The Morgan fingerprint density at radius 1 is 0.973 bits per heavy atom. The molecule has 4 rings (SSSR count). The number of Topliss-reactive ketones (excluding diaryl/α,β-unsaturated/α-hetero) is 1. The van der Waals surface area contributed by atoms with E-state index in [9.17, 15) is 19.1 Å². The highest BCUT2D eigenvalue weighted by atomic mass is 19.1. The van der Waals surface area contributed by atoms with Gasteiger partial charge in [-0.05, 0) is 53.9 Å². The van der Waals surface area contributed by atoms with E-state index >= 15 is 0 Å². The number of ether oxygens (including phenoxy) is 2. The van der Waals surface area contributed by atoms with Gasteiger partial charge in [0.2, 0.25) is 0 Å². The molecule has 1 fully saturated rings. The summed E-state index contributed by atoms with van der Waals surface area (Å²) in [7, 11) is 1.53. The molecule has 1 aliphatic heterocycles. The van der Waals surface area contributed by atoms with Crippen LogP contribution in [0.25, 0.3) is 5.76 Å². The molecule has 1 unspecified atom stereocenters. The summed E-state index contributed by atoms with van der Waals surface area (Å²) in [5.41, 5.74) is 1.59. The van der Waals surface area contributed by atoms with E-state index in [1.54, 1.807) is 18.2 Å². The molecule has 1 saturated heterocycles. The number of amides is 1.